The van der Waals surface area contributed by atoms with E-state index < -0.39 is 0 Å². The summed E-state index contributed by atoms with van der Waals surface area (Å²) >= 11 is 13.3. The molecule has 1 heterocycles. The molecule has 2 aromatic rings. The third-order valence-electron chi connectivity index (χ3n) is 1.99. The Morgan fingerprint density at radius 3 is 2.44 bits per heavy atom. The Morgan fingerprint density at radius 1 is 1.00 bits per heavy atom. The molecule has 1 aromatic heterocycles. The van der Waals surface area contributed by atoms with Crippen LogP contribution >= 0.6 is 35.0 Å². The molecule has 0 N–H and O–H groups in total. The minimum Gasteiger partial charge on any atom is -0.230 e. The molecule has 0 saturated carbocycles. The van der Waals surface area contributed by atoms with Crippen molar-refractivity contribution in [2.45, 2.75) is 10.8 Å². The highest BCUT2D eigenvalue weighted by Gasteiger charge is 1.98. The lowest BCUT2D eigenvalue weighted by atomic mass is 10.2. The Bertz CT molecular complexity index is 471. The van der Waals surface area contributed by atoms with E-state index in [0.717, 1.165) is 15.8 Å². The molecule has 0 aliphatic rings. The van der Waals surface area contributed by atoms with Gasteiger partial charge < -0.3 is 0 Å². The van der Waals surface area contributed by atoms with Crippen molar-refractivity contribution in [2.24, 2.45) is 0 Å². The van der Waals surface area contributed by atoms with E-state index in [1.165, 1.54) is 5.56 Å². The van der Waals surface area contributed by atoms with Crippen molar-refractivity contribution in [3.8, 4) is 0 Å². The normalized spacial score (nSPS) is 10.4. The van der Waals surface area contributed by atoms with Gasteiger partial charge in [0.1, 0.15) is 5.15 Å². The van der Waals surface area contributed by atoms with E-state index >= 15 is 0 Å². The Labute approximate surface area is 109 Å². The number of pyridine rings is 1. The van der Waals surface area contributed by atoms with Gasteiger partial charge in [0.15, 0.2) is 0 Å². The van der Waals surface area contributed by atoms with Crippen LogP contribution in [0.15, 0.2) is 47.5 Å². The Hall–Kier alpha value is -0.700. The Kier molecular flexibility index (Phi) is 4.10. The maximum Gasteiger partial charge on any atom is 0.130 e. The predicted molar refractivity (Wildman–Crippen MR) is 70.3 cm³/mol. The molecule has 82 valence electrons. The van der Waals surface area contributed by atoms with E-state index in [1.54, 1.807) is 17.8 Å². The molecule has 0 aliphatic heterocycles. The van der Waals surface area contributed by atoms with E-state index in [9.17, 15) is 0 Å². The summed E-state index contributed by atoms with van der Waals surface area (Å²) in [6.07, 6.45) is 0. The molecule has 0 saturated heterocycles. The van der Waals surface area contributed by atoms with Crippen LogP contribution in [0.1, 0.15) is 5.56 Å². The van der Waals surface area contributed by atoms with Crippen molar-refractivity contribution in [1.82, 2.24) is 4.98 Å². The number of thioether (sulfide) groups is 1. The van der Waals surface area contributed by atoms with Gasteiger partial charge in [-0.15, -0.1) is 11.8 Å². The van der Waals surface area contributed by atoms with Crippen molar-refractivity contribution in [1.29, 1.82) is 0 Å². The number of benzene rings is 1. The van der Waals surface area contributed by atoms with Crippen LogP contribution in [0, 0.1) is 0 Å². The van der Waals surface area contributed by atoms with Crippen molar-refractivity contribution in [2.75, 3.05) is 0 Å². The van der Waals surface area contributed by atoms with E-state index in [0.29, 0.717) is 5.15 Å². The van der Waals surface area contributed by atoms with Crippen molar-refractivity contribution in [3.05, 3.63) is 58.2 Å². The van der Waals surface area contributed by atoms with Crippen molar-refractivity contribution < 1.29 is 0 Å². The van der Waals surface area contributed by atoms with Gasteiger partial charge in [0.2, 0.25) is 0 Å². The molecule has 0 spiro atoms. The minimum atomic E-state index is 0.529. The fourth-order valence-corrected chi connectivity index (χ4v) is 2.39. The Balaban J connectivity index is 1.99. The van der Waals surface area contributed by atoms with E-state index in [-0.39, 0.29) is 0 Å². The first-order valence-corrected chi connectivity index (χ1v) is 6.48. The lowest BCUT2D eigenvalue weighted by molar-refractivity contribution is 1.13. The monoisotopic (exact) mass is 269 g/mol. The van der Waals surface area contributed by atoms with E-state index in [1.807, 2.05) is 36.4 Å². The average Bonchev–Trinajstić information content (AvgIpc) is 2.28. The van der Waals surface area contributed by atoms with Crippen LogP contribution in [0.3, 0.4) is 0 Å². The standard InChI is InChI=1S/C12H9Cl2NS/c13-10-6-4-9(5-7-10)8-16-12-3-1-2-11(14)15-12/h1-7H,8H2. The van der Waals surface area contributed by atoms with Crippen LogP contribution in [-0.4, -0.2) is 4.98 Å². The highest BCUT2D eigenvalue weighted by atomic mass is 35.5. The number of aromatic nitrogens is 1. The van der Waals surface area contributed by atoms with Gasteiger partial charge in [0.05, 0.1) is 5.03 Å². The summed E-state index contributed by atoms with van der Waals surface area (Å²) in [7, 11) is 0. The number of rotatable bonds is 3. The highest BCUT2D eigenvalue weighted by molar-refractivity contribution is 7.98. The second-order valence-electron chi connectivity index (χ2n) is 3.21. The molecule has 0 amide bonds. The van der Waals surface area contributed by atoms with Gasteiger partial charge in [-0.1, -0.05) is 41.4 Å². The number of hydrogen-bond acceptors (Lipinski definition) is 2. The molecule has 2 rings (SSSR count). The predicted octanol–water partition coefficient (Wildman–Crippen LogP) is 4.68. The largest absolute Gasteiger partial charge is 0.230 e. The van der Waals surface area contributed by atoms with Crippen LogP contribution in [0.2, 0.25) is 10.2 Å². The molecule has 1 aromatic carbocycles. The molecule has 1 nitrogen and oxygen atoms in total. The van der Waals surface area contributed by atoms with Gasteiger partial charge >= 0.3 is 0 Å². The van der Waals surface area contributed by atoms with Crippen molar-refractivity contribution in [3.63, 3.8) is 0 Å². The summed E-state index contributed by atoms with van der Waals surface area (Å²) in [6.45, 7) is 0. The molecule has 0 bridgehead atoms. The van der Waals surface area contributed by atoms with Crippen molar-refractivity contribution >= 4 is 35.0 Å². The first-order chi connectivity index (χ1) is 7.74. The molecular formula is C12H9Cl2NS. The van der Waals surface area contributed by atoms with Crippen LogP contribution in [0.25, 0.3) is 0 Å². The van der Waals surface area contributed by atoms with Gasteiger partial charge in [-0.05, 0) is 29.8 Å². The zero-order chi connectivity index (χ0) is 11.4. The zero-order valence-electron chi connectivity index (χ0n) is 8.36. The summed E-state index contributed by atoms with van der Waals surface area (Å²) in [5, 5.41) is 2.22. The van der Waals surface area contributed by atoms with Gasteiger partial charge in [-0.25, -0.2) is 4.98 Å². The molecule has 0 unspecified atom stereocenters. The van der Waals surface area contributed by atoms with Crippen LogP contribution in [-0.2, 0) is 5.75 Å². The molecule has 16 heavy (non-hydrogen) atoms. The SMILES string of the molecule is Clc1ccc(CSc2cccc(Cl)n2)cc1. The quantitative estimate of drug-likeness (QED) is 0.593. The molecule has 0 aliphatic carbocycles. The number of halogens is 2. The first kappa shape index (κ1) is 11.8. The van der Waals surface area contributed by atoms with Crippen LogP contribution < -0.4 is 0 Å². The summed E-state index contributed by atoms with van der Waals surface area (Å²) in [6, 6.07) is 13.4. The highest BCUT2D eigenvalue weighted by Crippen LogP contribution is 2.22. The third kappa shape index (κ3) is 3.41. The fraction of sp³-hybridized carbons (Fsp3) is 0.0833. The van der Waals surface area contributed by atoms with E-state index in [2.05, 4.69) is 4.98 Å². The smallest absolute Gasteiger partial charge is 0.130 e. The van der Waals surface area contributed by atoms with Gasteiger partial charge in [-0.2, -0.15) is 0 Å². The summed E-state index contributed by atoms with van der Waals surface area (Å²) in [4.78, 5) is 4.21. The fourth-order valence-electron chi connectivity index (χ4n) is 1.21. The molecular weight excluding hydrogens is 261 g/mol. The second kappa shape index (κ2) is 5.58. The maximum absolute atomic E-state index is 5.81. The first-order valence-electron chi connectivity index (χ1n) is 4.74. The number of nitrogens with zero attached hydrogens (tertiary/aromatic N) is 1. The number of hydrogen-bond donors (Lipinski definition) is 0. The zero-order valence-corrected chi connectivity index (χ0v) is 10.7. The molecule has 0 radical (unpaired) electrons. The van der Waals surface area contributed by atoms with Crippen LogP contribution in [0.5, 0.6) is 0 Å². The summed E-state index contributed by atoms with van der Waals surface area (Å²) < 4.78 is 0. The average molecular weight is 270 g/mol. The lowest BCUT2D eigenvalue weighted by Crippen LogP contribution is -1.83. The molecule has 0 atom stereocenters. The van der Waals surface area contributed by atoms with E-state index in [4.69, 9.17) is 23.2 Å². The minimum absolute atomic E-state index is 0.529. The van der Waals surface area contributed by atoms with Gasteiger partial charge in [0.25, 0.3) is 0 Å². The molecule has 0 fully saturated rings. The van der Waals surface area contributed by atoms with Gasteiger partial charge in [-0.3, -0.25) is 0 Å². The Morgan fingerprint density at radius 2 is 1.75 bits per heavy atom. The lowest BCUT2D eigenvalue weighted by Gasteiger charge is -2.01. The second-order valence-corrected chi connectivity index (χ2v) is 5.03. The van der Waals surface area contributed by atoms with Crippen LogP contribution in [0.4, 0.5) is 0 Å². The maximum atomic E-state index is 5.81. The third-order valence-corrected chi connectivity index (χ3v) is 3.45. The topological polar surface area (TPSA) is 12.9 Å². The molecule has 4 heteroatoms. The summed E-state index contributed by atoms with van der Waals surface area (Å²) in [5.41, 5.74) is 1.22. The summed E-state index contributed by atoms with van der Waals surface area (Å²) in [5.74, 6) is 0.866. The van der Waals surface area contributed by atoms with Gasteiger partial charge in [0, 0.05) is 10.8 Å².